The molecule has 0 aliphatic carbocycles. The summed E-state index contributed by atoms with van der Waals surface area (Å²) < 4.78 is 0. The Morgan fingerprint density at radius 1 is 1.62 bits per heavy atom. The summed E-state index contributed by atoms with van der Waals surface area (Å²) in [7, 11) is 0. The molecule has 0 saturated carbocycles. The second kappa shape index (κ2) is 5.41. The Balaban J connectivity index is 1.90. The van der Waals surface area contributed by atoms with E-state index in [1.807, 2.05) is 18.5 Å². The van der Waals surface area contributed by atoms with Crippen molar-refractivity contribution in [2.75, 3.05) is 13.1 Å². The molecule has 2 N–H and O–H groups in total. The number of pyridine rings is 1. The summed E-state index contributed by atoms with van der Waals surface area (Å²) in [5.41, 5.74) is 7.28. The van der Waals surface area contributed by atoms with Crippen molar-refractivity contribution in [2.45, 2.75) is 32.4 Å². The van der Waals surface area contributed by atoms with Gasteiger partial charge < -0.3 is 5.73 Å². The topological polar surface area (TPSA) is 42.1 Å². The number of nitrogens with zero attached hydrogens (tertiary/aromatic N) is 2. The maximum atomic E-state index is 5.98. The van der Waals surface area contributed by atoms with Gasteiger partial charge in [0.1, 0.15) is 0 Å². The fourth-order valence-electron chi connectivity index (χ4n) is 2.41. The third kappa shape index (κ3) is 3.03. The zero-order chi connectivity index (χ0) is 11.4. The second-order valence-corrected chi connectivity index (χ2v) is 4.86. The van der Waals surface area contributed by atoms with Crippen molar-refractivity contribution in [1.82, 2.24) is 9.88 Å². The van der Waals surface area contributed by atoms with Gasteiger partial charge in [0.05, 0.1) is 0 Å². The summed E-state index contributed by atoms with van der Waals surface area (Å²) in [5.74, 6) is 0.658. The molecule has 1 aliphatic rings. The molecular formula is C13H21N3. The van der Waals surface area contributed by atoms with Gasteiger partial charge >= 0.3 is 0 Å². The van der Waals surface area contributed by atoms with Gasteiger partial charge in [0.25, 0.3) is 0 Å². The minimum atomic E-state index is 0.316. The Labute approximate surface area is 97.7 Å². The molecule has 1 saturated heterocycles. The first-order chi connectivity index (χ1) is 7.75. The van der Waals surface area contributed by atoms with Gasteiger partial charge in [0.2, 0.25) is 0 Å². The molecule has 2 unspecified atom stereocenters. The zero-order valence-corrected chi connectivity index (χ0v) is 9.97. The minimum Gasteiger partial charge on any atom is -0.328 e. The highest BCUT2D eigenvalue weighted by molar-refractivity contribution is 5.08. The van der Waals surface area contributed by atoms with E-state index in [4.69, 9.17) is 5.73 Å². The Morgan fingerprint density at radius 3 is 3.19 bits per heavy atom. The van der Waals surface area contributed by atoms with Crippen LogP contribution in [0.1, 0.15) is 25.3 Å². The highest BCUT2D eigenvalue weighted by atomic mass is 15.1. The van der Waals surface area contributed by atoms with Gasteiger partial charge in [-0.1, -0.05) is 6.07 Å². The van der Waals surface area contributed by atoms with E-state index in [1.165, 1.54) is 24.9 Å². The van der Waals surface area contributed by atoms with Crippen LogP contribution in [0.3, 0.4) is 0 Å². The quantitative estimate of drug-likeness (QED) is 0.840. The van der Waals surface area contributed by atoms with Gasteiger partial charge in [-0.15, -0.1) is 0 Å². The van der Waals surface area contributed by atoms with Crippen LogP contribution in [0.4, 0.5) is 0 Å². The SMILES string of the molecule is CC(N)C1CCCN(Cc2cccnc2)C1. The van der Waals surface area contributed by atoms with E-state index in [0.29, 0.717) is 12.0 Å². The number of hydrogen-bond donors (Lipinski definition) is 1. The van der Waals surface area contributed by atoms with Crippen LogP contribution >= 0.6 is 0 Å². The molecule has 0 bridgehead atoms. The molecule has 2 atom stereocenters. The number of nitrogens with two attached hydrogens (primary N) is 1. The van der Waals surface area contributed by atoms with Crippen molar-refractivity contribution in [2.24, 2.45) is 11.7 Å². The van der Waals surface area contributed by atoms with Crippen molar-refractivity contribution in [1.29, 1.82) is 0 Å². The molecule has 1 aliphatic heterocycles. The van der Waals surface area contributed by atoms with Crippen LogP contribution < -0.4 is 5.73 Å². The molecule has 2 heterocycles. The van der Waals surface area contributed by atoms with Crippen molar-refractivity contribution in [3.8, 4) is 0 Å². The summed E-state index contributed by atoms with van der Waals surface area (Å²) in [6.07, 6.45) is 6.33. The van der Waals surface area contributed by atoms with Crippen molar-refractivity contribution in [3.05, 3.63) is 30.1 Å². The molecular weight excluding hydrogens is 198 g/mol. The van der Waals surface area contributed by atoms with E-state index in [9.17, 15) is 0 Å². The van der Waals surface area contributed by atoms with E-state index in [0.717, 1.165) is 13.1 Å². The largest absolute Gasteiger partial charge is 0.328 e. The molecule has 2 rings (SSSR count). The summed E-state index contributed by atoms with van der Waals surface area (Å²) in [4.78, 5) is 6.65. The predicted octanol–water partition coefficient (Wildman–Crippen LogP) is 1.64. The highest BCUT2D eigenvalue weighted by Crippen LogP contribution is 2.20. The monoisotopic (exact) mass is 219 g/mol. The fourth-order valence-corrected chi connectivity index (χ4v) is 2.41. The average Bonchev–Trinajstić information content (AvgIpc) is 2.30. The van der Waals surface area contributed by atoms with Gasteiger partial charge in [-0.25, -0.2) is 0 Å². The van der Waals surface area contributed by atoms with E-state index in [-0.39, 0.29) is 0 Å². The van der Waals surface area contributed by atoms with E-state index >= 15 is 0 Å². The molecule has 16 heavy (non-hydrogen) atoms. The van der Waals surface area contributed by atoms with Crippen molar-refractivity contribution >= 4 is 0 Å². The lowest BCUT2D eigenvalue weighted by atomic mass is 9.92. The summed E-state index contributed by atoms with van der Waals surface area (Å²) >= 11 is 0. The molecule has 3 heteroatoms. The molecule has 0 radical (unpaired) electrons. The molecule has 1 aromatic heterocycles. The van der Waals surface area contributed by atoms with Crippen LogP contribution in [-0.2, 0) is 6.54 Å². The zero-order valence-electron chi connectivity index (χ0n) is 9.97. The third-order valence-corrected chi connectivity index (χ3v) is 3.41. The maximum Gasteiger partial charge on any atom is 0.0312 e. The normalized spacial score (nSPS) is 24.2. The van der Waals surface area contributed by atoms with Crippen LogP contribution in [0.15, 0.2) is 24.5 Å². The third-order valence-electron chi connectivity index (χ3n) is 3.41. The van der Waals surface area contributed by atoms with Gasteiger partial charge in [0, 0.05) is 31.5 Å². The molecule has 1 aromatic rings. The maximum absolute atomic E-state index is 5.98. The van der Waals surface area contributed by atoms with E-state index in [1.54, 1.807) is 0 Å². The van der Waals surface area contributed by atoms with Crippen molar-refractivity contribution < 1.29 is 0 Å². The smallest absolute Gasteiger partial charge is 0.0312 e. The standard InChI is InChI=1S/C13H21N3/c1-11(14)13-5-3-7-16(10-13)9-12-4-2-6-15-8-12/h2,4,6,8,11,13H,3,5,7,9-10,14H2,1H3. The fraction of sp³-hybridized carbons (Fsp3) is 0.615. The number of rotatable bonds is 3. The van der Waals surface area contributed by atoms with E-state index < -0.39 is 0 Å². The second-order valence-electron chi connectivity index (χ2n) is 4.86. The number of hydrogen-bond acceptors (Lipinski definition) is 3. The molecule has 0 spiro atoms. The molecule has 88 valence electrons. The lowest BCUT2D eigenvalue weighted by Gasteiger charge is -2.34. The Morgan fingerprint density at radius 2 is 2.50 bits per heavy atom. The molecule has 0 aromatic carbocycles. The van der Waals surface area contributed by atoms with Crippen LogP contribution in [0.25, 0.3) is 0 Å². The van der Waals surface area contributed by atoms with Gasteiger partial charge in [-0.3, -0.25) is 9.88 Å². The Bertz CT molecular complexity index is 310. The average molecular weight is 219 g/mol. The van der Waals surface area contributed by atoms with Gasteiger partial charge in [0.15, 0.2) is 0 Å². The number of aromatic nitrogens is 1. The summed E-state index contributed by atoms with van der Waals surface area (Å²) in [6, 6.07) is 4.46. The number of likely N-dealkylation sites (tertiary alicyclic amines) is 1. The van der Waals surface area contributed by atoms with Crippen LogP contribution in [0, 0.1) is 5.92 Å². The van der Waals surface area contributed by atoms with Crippen LogP contribution in [0.2, 0.25) is 0 Å². The summed E-state index contributed by atoms with van der Waals surface area (Å²) in [6.45, 7) is 5.46. The van der Waals surface area contributed by atoms with Crippen molar-refractivity contribution in [3.63, 3.8) is 0 Å². The highest BCUT2D eigenvalue weighted by Gasteiger charge is 2.22. The minimum absolute atomic E-state index is 0.316. The lowest BCUT2D eigenvalue weighted by Crippen LogP contribution is -2.41. The Hall–Kier alpha value is -0.930. The first kappa shape index (κ1) is 11.6. The summed E-state index contributed by atoms with van der Waals surface area (Å²) in [5, 5.41) is 0. The molecule has 0 amide bonds. The van der Waals surface area contributed by atoms with Gasteiger partial charge in [-0.2, -0.15) is 0 Å². The van der Waals surface area contributed by atoms with Crippen LogP contribution in [0.5, 0.6) is 0 Å². The first-order valence-electron chi connectivity index (χ1n) is 6.12. The predicted molar refractivity (Wildman–Crippen MR) is 65.9 cm³/mol. The Kier molecular flexibility index (Phi) is 3.91. The first-order valence-corrected chi connectivity index (χ1v) is 6.12. The molecule has 3 nitrogen and oxygen atoms in total. The van der Waals surface area contributed by atoms with Crippen LogP contribution in [-0.4, -0.2) is 29.0 Å². The van der Waals surface area contributed by atoms with E-state index in [2.05, 4.69) is 22.9 Å². The lowest BCUT2D eigenvalue weighted by molar-refractivity contribution is 0.154. The van der Waals surface area contributed by atoms with Gasteiger partial charge in [-0.05, 0) is 43.9 Å². The molecule has 1 fully saturated rings. The number of piperidine rings is 1.